The van der Waals surface area contributed by atoms with Crippen LogP contribution < -0.4 is 0 Å². The molecule has 0 radical (unpaired) electrons. The summed E-state index contributed by atoms with van der Waals surface area (Å²) in [4.78, 5) is 15.0. The zero-order valence-electron chi connectivity index (χ0n) is 22.3. The quantitative estimate of drug-likeness (QED) is 0.228. The van der Waals surface area contributed by atoms with Crippen LogP contribution in [0.1, 0.15) is 25.0 Å². The summed E-state index contributed by atoms with van der Waals surface area (Å²) in [6.45, 7) is 4.72. The molecule has 0 amide bonds. The summed E-state index contributed by atoms with van der Waals surface area (Å²) in [5.74, 6) is 2.08. The Morgan fingerprint density at radius 2 is 1.05 bits per heavy atom. The summed E-state index contributed by atoms with van der Waals surface area (Å²) in [5, 5.41) is 7.06. The van der Waals surface area contributed by atoms with Crippen molar-refractivity contribution in [2.24, 2.45) is 0 Å². The van der Waals surface area contributed by atoms with Gasteiger partial charge in [0.05, 0.1) is 0 Å². The summed E-state index contributed by atoms with van der Waals surface area (Å²) in [5.41, 5.74) is 5.64. The Kier molecular flexibility index (Phi) is 5.08. The van der Waals surface area contributed by atoms with E-state index in [9.17, 15) is 0 Å². The van der Waals surface area contributed by atoms with Gasteiger partial charge in [-0.2, -0.15) is 0 Å². The first-order valence-electron chi connectivity index (χ1n) is 13.6. The molecule has 5 aromatic carbocycles. The van der Waals surface area contributed by atoms with Crippen molar-refractivity contribution in [3.05, 3.63) is 132 Å². The number of hydrogen-bond acceptors (Lipinski definition) is 3. The Labute approximate surface area is 234 Å². The second kappa shape index (κ2) is 8.71. The number of aromatic nitrogens is 3. The molecule has 0 bridgehead atoms. The molecule has 0 spiro atoms. The number of rotatable bonds is 3. The van der Waals surface area contributed by atoms with Gasteiger partial charge in [0.1, 0.15) is 0 Å². The minimum absolute atomic E-state index is 0.144. The lowest BCUT2D eigenvalue weighted by atomic mass is 9.76. The molecule has 7 aromatic rings. The summed E-state index contributed by atoms with van der Waals surface area (Å²) >= 11 is 0. The summed E-state index contributed by atoms with van der Waals surface area (Å²) in [7, 11) is -0.602. The number of hydrogen-bond donors (Lipinski definition) is 0. The molecule has 4 heteroatoms. The molecule has 1 atom stereocenters. The highest BCUT2D eigenvalue weighted by atomic mass is 31.1. The van der Waals surface area contributed by atoms with Crippen LogP contribution in [-0.4, -0.2) is 15.0 Å². The third-order valence-electron chi connectivity index (χ3n) is 8.22. The maximum atomic E-state index is 5.07. The average Bonchev–Trinajstić information content (AvgIpc) is 3.35. The molecular weight excluding hydrogens is 505 g/mol. The van der Waals surface area contributed by atoms with Crippen molar-refractivity contribution in [1.29, 1.82) is 0 Å². The maximum absolute atomic E-state index is 5.07. The van der Waals surface area contributed by atoms with Gasteiger partial charge in [-0.25, -0.2) is 15.0 Å². The maximum Gasteiger partial charge on any atom is 0.164 e. The van der Waals surface area contributed by atoms with Gasteiger partial charge in [-0.3, -0.25) is 0 Å². The highest BCUT2D eigenvalue weighted by Crippen LogP contribution is 2.64. The zero-order chi connectivity index (χ0) is 26.8. The Hall–Kier alpha value is -4.59. The second-order valence-electron chi connectivity index (χ2n) is 11.0. The van der Waals surface area contributed by atoms with E-state index in [0.29, 0.717) is 17.5 Å². The zero-order valence-corrected chi connectivity index (χ0v) is 23.2. The van der Waals surface area contributed by atoms with Crippen LogP contribution in [0.5, 0.6) is 0 Å². The van der Waals surface area contributed by atoms with Crippen molar-refractivity contribution >= 4 is 28.5 Å². The molecule has 0 aliphatic carbocycles. The molecule has 0 saturated heterocycles. The fourth-order valence-electron chi connectivity index (χ4n) is 6.23. The fraction of sp³-hybridized carbons (Fsp3) is 0.0833. The lowest BCUT2D eigenvalue weighted by Crippen LogP contribution is -2.21. The third-order valence-corrected chi connectivity index (χ3v) is 10.9. The van der Waals surface area contributed by atoms with E-state index in [1.165, 1.54) is 37.4 Å². The SMILES string of the molecule is CC1(C)c2ccccc2-p2c3ccccc3c3cc(-c4nc(-c5ccccc5)nc(-c5ccccc5)n4)cc1c32. The smallest absolute Gasteiger partial charge is 0.164 e. The van der Waals surface area contributed by atoms with Gasteiger partial charge in [-0.15, -0.1) is 0 Å². The Morgan fingerprint density at radius 1 is 0.500 bits per heavy atom. The molecular formula is C36H26N3P. The Morgan fingerprint density at radius 3 is 1.73 bits per heavy atom. The van der Waals surface area contributed by atoms with E-state index in [4.69, 9.17) is 15.0 Å². The van der Waals surface area contributed by atoms with Crippen LogP contribution in [0.2, 0.25) is 0 Å². The molecule has 0 fully saturated rings. The van der Waals surface area contributed by atoms with Crippen molar-refractivity contribution in [2.45, 2.75) is 19.3 Å². The van der Waals surface area contributed by atoms with Gasteiger partial charge in [0.2, 0.25) is 0 Å². The summed E-state index contributed by atoms with van der Waals surface area (Å²) in [6.07, 6.45) is 0. The molecule has 0 saturated carbocycles. The molecule has 3 nitrogen and oxygen atoms in total. The summed E-state index contributed by atoms with van der Waals surface area (Å²) < 4.78 is 0. The number of fused-ring (bicyclic) bond motifs is 5. The minimum Gasteiger partial charge on any atom is -0.208 e. The third kappa shape index (κ3) is 3.41. The predicted molar refractivity (Wildman–Crippen MR) is 167 cm³/mol. The molecule has 190 valence electrons. The van der Waals surface area contributed by atoms with Gasteiger partial charge in [-0.05, 0) is 34.0 Å². The van der Waals surface area contributed by atoms with E-state index < -0.39 is 7.53 Å². The van der Waals surface area contributed by atoms with Crippen LogP contribution in [0, 0.1) is 0 Å². The lowest BCUT2D eigenvalue weighted by molar-refractivity contribution is 0.650. The van der Waals surface area contributed by atoms with Crippen molar-refractivity contribution in [2.75, 3.05) is 0 Å². The van der Waals surface area contributed by atoms with Crippen LogP contribution in [0.25, 0.3) is 60.5 Å². The molecule has 1 unspecified atom stereocenters. The monoisotopic (exact) mass is 531 g/mol. The fourth-order valence-corrected chi connectivity index (χ4v) is 9.49. The second-order valence-corrected chi connectivity index (χ2v) is 13.0. The molecule has 40 heavy (non-hydrogen) atoms. The predicted octanol–water partition coefficient (Wildman–Crippen LogP) is 9.79. The van der Waals surface area contributed by atoms with Gasteiger partial charge in [0, 0.05) is 37.6 Å². The van der Waals surface area contributed by atoms with Crippen LogP contribution in [0.15, 0.2) is 121 Å². The highest BCUT2D eigenvalue weighted by Gasteiger charge is 2.35. The van der Waals surface area contributed by atoms with E-state index >= 15 is 0 Å². The standard InChI is InChI=1S/C36H26N3P/c1-36(2)28-18-10-12-20-31(28)40-30-19-11-9-17-26(30)27-21-25(22-29(36)32(27)40)35-38-33(23-13-5-3-6-14-23)37-34(39-35)24-15-7-4-8-16-24/h3-22H,1-2H3. The highest BCUT2D eigenvalue weighted by molar-refractivity contribution is 7.68. The van der Waals surface area contributed by atoms with Gasteiger partial charge >= 0.3 is 0 Å². The van der Waals surface area contributed by atoms with Crippen LogP contribution >= 0.6 is 7.53 Å². The van der Waals surface area contributed by atoms with E-state index in [2.05, 4.69) is 98.8 Å². The van der Waals surface area contributed by atoms with Gasteiger partial charge in [0.25, 0.3) is 0 Å². The van der Waals surface area contributed by atoms with Crippen molar-refractivity contribution in [3.8, 4) is 39.5 Å². The largest absolute Gasteiger partial charge is 0.208 e. The Balaban J connectivity index is 1.46. The van der Waals surface area contributed by atoms with Crippen molar-refractivity contribution < 1.29 is 0 Å². The van der Waals surface area contributed by atoms with E-state index in [1.807, 2.05) is 36.4 Å². The van der Waals surface area contributed by atoms with Gasteiger partial charge < -0.3 is 0 Å². The first kappa shape index (κ1) is 23.3. The first-order chi connectivity index (χ1) is 19.6. The van der Waals surface area contributed by atoms with Crippen LogP contribution in [-0.2, 0) is 5.41 Å². The van der Waals surface area contributed by atoms with Crippen LogP contribution in [0.4, 0.5) is 0 Å². The van der Waals surface area contributed by atoms with Gasteiger partial charge in [-0.1, -0.05) is 131 Å². The minimum atomic E-state index is -0.602. The molecule has 1 aliphatic rings. The van der Waals surface area contributed by atoms with E-state index in [1.54, 1.807) is 0 Å². The van der Waals surface area contributed by atoms with E-state index in [0.717, 1.165) is 16.7 Å². The molecule has 8 rings (SSSR count). The van der Waals surface area contributed by atoms with Crippen molar-refractivity contribution in [3.63, 3.8) is 0 Å². The van der Waals surface area contributed by atoms with Crippen molar-refractivity contribution in [1.82, 2.24) is 15.0 Å². The molecule has 0 N–H and O–H groups in total. The Bertz CT molecular complexity index is 2020. The molecule has 3 heterocycles. The topological polar surface area (TPSA) is 38.7 Å². The molecule has 1 aliphatic heterocycles. The van der Waals surface area contributed by atoms with Crippen LogP contribution in [0.3, 0.4) is 0 Å². The summed E-state index contributed by atoms with van der Waals surface area (Å²) in [6, 6.07) is 43.0. The van der Waals surface area contributed by atoms with E-state index in [-0.39, 0.29) is 5.41 Å². The lowest BCUT2D eigenvalue weighted by Gasteiger charge is -2.34. The number of benzene rings is 5. The van der Waals surface area contributed by atoms with Gasteiger partial charge in [0.15, 0.2) is 17.5 Å². The average molecular weight is 532 g/mol. The molecule has 2 aromatic heterocycles. The normalized spacial score (nSPS) is 13.9. The first-order valence-corrected chi connectivity index (χ1v) is 15.0. The number of nitrogens with zero attached hydrogens (tertiary/aromatic N) is 3.